The van der Waals surface area contributed by atoms with Gasteiger partial charge in [0.25, 0.3) is 0 Å². The fourth-order valence-corrected chi connectivity index (χ4v) is 2.10. The molecule has 0 unspecified atom stereocenters. The third kappa shape index (κ3) is 5.48. The first-order chi connectivity index (χ1) is 8.80. The van der Waals surface area contributed by atoms with Crippen molar-refractivity contribution in [3.63, 3.8) is 0 Å². The van der Waals surface area contributed by atoms with Gasteiger partial charge < -0.3 is 5.32 Å². The van der Waals surface area contributed by atoms with Crippen LogP contribution in [0, 0.1) is 0 Å². The molecule has 1 aromatic rings. The van der Waals surface area contributed by atoms with E-state index in [9.17, 15) is 0 Å². The lowest BCUT2D eigenvalue weighted by molar-refractivity contribution is 0.295. The molecule has 1 N–H and O–H groups in total. The molecule has 1 rings (SSSR count). The number of hydrogen-bond acceptors (Lipinski definition) is 2. The van der Waals surface area contributed by atoms with Crippen molar-refractivity contribution in [1.82, 2.24) is 10.2 Å². The Hall–Kier alpha value is -1.12. The van der Waals surface area contributed by atoms with E-state index in [-0.39, 0.29) is 0 Å². The summed E-state index contributed by atoms with van der Waals surface area (Å²) in [5.41, 5.74) is 2.75. The molecule has 0 aliphatic carbocycles. The van der Waals surface area contributed by atoms with Gasteiger partial charge in [-0.3, -0.25) is 4.90 Å². The molecule has 1 aromatic carbocycles. The molecule has 0 bridgehead atoms. The summed E-state index contributed by atoms with van der Waals surface area (Å²) in [5.74, 6) is 0. The predicted octanol–water partition coefficient (Wildman–Crippen LogP) is 3.19. The Kier molecular flexibility index (Phi) is 7.38. The van der Waals surface area contributed by atoms with E-state index in [2.05, 4.69) is 54.9 Å². The third-order valence-electron chi connectivity index (χ3n) is 2.90. The van der Waals surface area contributed by atoms with E-state index >= 15 is 0 Å². The molecular formula is C16H26N2. The Bertz CT molecular complexity index is 347. The van der Waals surface area contributed by atoms with Gasteiger partial charge >= 0.3 is 0 Å². The number of hydrogen-bond donors (Lipinski definition) is 1. The minimum absolute atomic E-state index is 0.958. The van der Waals surface area contributed by atoms with Crippen molar-refractivity contribution < 1.29 is 0 Å². The van der Waals surface area contributed by atoms with Crippen molar-refractivity contribution in [3.8, 4) is 0 Å². The van der Waals surface area contributed by atoms with E-state index in [1.165, 1.54) is 17.5 Å². The van der Waals surface area contributed by atoms with Crippen LogP contribution in [0.3, 0.4) is 0 Å². The first-order valence-corrected chi connectivity index (χ1v) is 6.91. The normalized spacial score (nSPS) is 10.8. The van der Waals surface area contributed by atoms with Crippen LogP contribution in [0.25, 0.3) is 0 Å². The average molecular weight is 246 g/mol. The maximum Gasteiger partial charge on any atom is 0.0237 e. The van der Waals surface area contributed by atoms with E-state index in [1.54, 1.807) is 0 Å². The van der Waals surface area contributed by atoms with E-state index in [0.717, 1.165) is 32.7 Å². The van der Waals surface area contributed by atoms with Crippen LogP contribution in [0.4, 0.5) is 0 Å². The Balaban J connectivity index is 2.60. The zero-order valence-corrected chi connectivity index (χ0v) is 11.8. The minimum atomic E-state index is 0.958. The number of benzene rings is 1. The molecule has 0 saturated heterocycles. The molecule has 0 spiro atoms. The molecule has 0 fully saturated rings. The quantitative estimate of drug-likeness (QED) is 0.673. The number of nitrogens with zero attached hydrogens (tertiary/aromatic N) is 1. The van der Waals surface area contributed by atoms with Crippen molar-refractivity contribution in [1.29, 1.82) is 0 Å². The Labute approximate surface area is 112 Å². The molecule has 0 saturated carbocycles. The Morgan fingerprint density at radius 3 is 2.72 bits per heavy atom. The molecule has 0 heterocycles. The van der Waals surface area contributed by atoms with Gasteiger partial charge in [0.2, 0.25) is 0 Å². The first kappa shape index (κ1) is 14.9. The molecular weight excluding hydrogens is 220 g/mol. The van der Waals surface area contributed by atoms with Crippen LogP contribution in [0.15, 0.2) is 36.9 Å². The molecule has 18 heavy (non-hydrogen) atoms. The van der Waals surface area contributed by atoms with Crippen LogP contribution >= 0.6 is 0 Å². The Morgan fingerprint density at radius 1 is 1.28 bits per heavy atom. The van der Waals surface area contributed by atoms with Gasteiger partial charge in [0.05, 0.1) is 0 Å². The number of nitrogens with one attached hydrogen (secondary N) is 1. The highest BCUT2D eigenvalue weighted by Crippen LogP contribution is 2.09. The van der Waals surface area contributed by atoms with E-state index < -0.39 is 0 Å². The molecule has 100 valence electrons. The van der Waals surface area contributed by atoms with Gasteiger partial charge in [-0.25, -0.2) is 0 Å². The fourth-order valence-electron chi connectivity index (χ4n) is 2.10. The van der Waals surface area contributed by atoms with Gasteiger partial charge in [-0.1, -0.05) is 44.2 Å². The van der Waals surface area contributed by atoms with Gasteiger partial charge in [-0.2, -0.15) is 0 Å². The van der Waals surface area contributed by atoms with Crippen LogP contribution in [0.5, 0.6) is 0 Å². The van der Waals surface area contributed by atoms with Gasteiger partial charge in [-0.05, 0) is 30.6 Å². The summed E-state index contributed by atoms with van der Waals surface area (Å²) in [6, 6.07) is 8.85. The molecule has 0 atom stereocenters. The standard InChI is InChI=1S/C16H26N2/c1-4-10-18(11-5-2)14-16-9-7-8-15(12-16)13-17-6-3/h4,7-9,12,17H,1,5-6,10-11,13-14H2,2-3H3. The highest BCUT2D eigenvalue weighted by Gasteiger charge is 2.03. The second kappa shape index (κ2) is 8.90. The zero-order chi connectivity index (χ0) is 13.2. The fraction of sp³-hybridized carbons (Fsp3) is 0.500. The maximum absolute atomic E-state index is 3.83. The summed E-state index contributed by atoms with van der Waals surface area (Å²) >= 11 is 0. The summed E-state index contributed by atoms with van der Waals surface area (Å²) in [4.78, 5) is 2.43. The summed E-state index contributed by atoms with van der Waals surface area (Å²) in [6.45, 7) is 13.3. The smallest absolute Gasteiger partial charge is 0.0237 e. The molecule has 0 aromatic heterocycles. The van der Waals surface area contributed by atoms with Crippen molar-refractivity contribution in [3.05, 3.63) is 48.0 Å². The molecule has 0 amide bonds. The van der Waals surface area contributed by atoms with Gasteiger partial charge in [0, 0.05) is 19.6 Å². The van der Waals surface area contributed by atoms with Crippen molar-refractivity contribution >= 4 is 0 Å². The summed E-state index contributed by atoms with van der Waals surface area (Å²) < 4.78 is 0. The van der Waals surface area contributed by atoms with Gasteiger partial charge in [-0.15, -0.1) is 6.58 Å². The largest absolute Gasteiger partial charge is 0.313 e. The van der Waals surface area contributed by atoms with E-state index in [0.29, 0.717) is 0 Å². The van der Waals surface area contributed by atoms with Crippen LogP contribution in [-0.2, 0) is 13.1 Å². The van der Waals surface area contributed by atoms with Crippen molar-refractivity contribution in [2.24, 2.45) is 0 Å². The summed E-state index contributed by atoms with van der Waals surface area (Å²) in [6.07, 6.45) is 3.17. The third-order valence-corrected chi connectivity index (χ3v) is 2.90. The SMILES string of the molecule is C=CCN(CCC)Cc1cccc(CNCC)c1. The molecule has 0 radical (unpaired) electrons. The maximum atomic E-state index is 3.83. The lowest BCUT2D eigenvalue weighted by Gasteiger charge is -2.20. The topological polar surface area (TPSA) is 15.3 Å². The van der Waals surface area contributed by atoms with Crippen molar-refractivity contribution in [2.45, 2.75) is 33.4 Å². The molecule has 2 nitrogen and oxygen atoms in total. The highest BCUT2D eigenvalue weighted by atomic mass is 15.1. The zero-order valence-electron chi connectivity index (χ0n) is 11.8. The Morgan fingerprint density at radius 2 is 2.06 bits per heavy atom. The van der Waals surface area contributed by atoms with Crippen LogP contribution in [0.1, 0.15) is 31.4 Å². The number of rotatable bonds is 9. The lowest BCUT2D eigenvalue weighted by Crippen LogP contribution is -2.24. The first-order valence-electron chi connectivity index (χ1n) is 6.91. The van der Waals surface area contributed by atoms with E-state index in [1.807, 2.05) is 6.08 Å². The summed E-state index contributed by atoms with van der Waals surface area (Å²) in [5, 5.41) is 3.37. The average Bonchev–Trinajstić information content (AvgIpc) is 2.37. The minimum Gasteiger partial charge on any atom is -0.313 e. The van der Waals surface area contributed by atoms with Gasteiger partial charge in [0.1, 0.15) is 0 Å². The van der Waals surface area contributed by atoms with Crippen LogP contribution < -0.4 is 5.32 Å². The van der Waals surface area contributed by atoms with E-state index in [4.69, 9.17) is 0 Å². The van der Waals surface area contributed by atoms with Crippen molar-refractivity contribution in [2.75, 3.05) is 19.6 Å². The predicted molar refractivity (Wildman–Crippen MR) is 79.6 cm³/mol. The van der Waals surface area contributed by atoms with Crippen LogP contribution in [-0.4, -0.2) is 24.5 Å². The summed E-state index contributed by atoms with van der Waals surface area (Å²) in [7, 11) is 0. The second-order valence-electron chi connectivity index (χ2n) is 4.62. The van der Waals surface area contributed by atoms with Crippen LogP contribution in [0.2, 0.25) is 0 Å². The second-order valence-corrected chi connectivity index (χ2v) is 4.62. The monoisotopic (exact) mass is 246 g/mol. The lowest BCUT2D eigenvalue weighted by atomic mass is 10.1. The molecule has 0 aliphatic heterocycles. The van der Waals surface area contributed by atoms with Gasteiger partial charge in [0.15, 0.2) is 0 Å². The highest BCUT2D eigenvalue weighted by molar-refractivity contribution is 5.23. The molecule has 0 aliphatic rings. The molecule has 2 heteroatoms.